The number of ether oxygens (including phenoxy) is 3. The molecule has 0 aromatic carbocycles. The van der Waals surface area contributed by atoms with Gasteiger partial charge in [0.2, 0.25) is 0 Å². The van der Waals surface area contributed by atoms with Crippen molar-refractivity contribution >= 4 is 0 Å². The predicted octanol–water partition coefficient (Wildman–Crippen LogP) is 0.664. The molecule has 0 aromatic rings. The standard InChI is InChI=1S/C11H23NO3/c1-3-12-6-11(9-13-2)15-8-10-4-5-14-7-10/h10-12H,3-9H2,1-2H3. The zero-order chi connectivity index (χ0) is 10.9. The zero-order valence-electron chi connectivity index (χ0n) is 9.83. The van der Waals surface area contributed by atoms with Gasteiger partial charge in [0.1, 0.15) is 0 Å². The maximum atomic E-state index is 5.80. The van der Waals surface area contributed by atoms with Gasteiger partial charge in [-0.3, -0.25) is 0 Å². The number of rotatable bonds is 8. The largest absolute Gasteiger partial charge is 0.382 e. The lowest BCUT2D eigenvalue weighted by Gasteiger charge is -2.19. The van der Waals surface area contributed by atoms with E-state index in [1.807, 2.05) is 0 Å². The summed E-state index contributed by atoms with van der Waals surface area (Å²) < 4.78 is 16.2. The minimum Gasteiger partial charge on any atom is -0.382 e. The second-order valence-corrected chi connectivity index (χ2v) is 3.95. The molecular formula is C11H23NO3. The number of likely N-dealkylation sites (N-methyl/N-ethyl adjacent to an activating group) is 1. The lowest BCUT2D eigenvalue weighted by molar-refractivity contribution is -0.0167. The molecule has 1 saturated heterocycles. The smallest absolute Gasteiger partial charge is 0.0932 e. The fourth-order valence-corrected chi connectivity index (χ4v) is 1.64. The third-order valence-electron chi connectivity index (χ3n) is 2.57. The van der Waals surface area contributed by atoms with E-state index in [9.17, 15) is 0 Å². The van der Waals surface area contributed by atoms with Gasteiger partial charge in [0, 0.05) is 26.2 Å². The molecule has 1 heterocycles. The van der Waals surface area contributed by atoms with Crippen LogP contribution in [0, 0.1) is 5.92 Å². The highest BCUT2D eigenvalue weighted by molar-refractivity contribution is 4.66. The monoisotopic (exact) mass is 217 g/mol. The lowest BCUT2D eigenvalue weighted by atomic mass is 10.1. The van der Waals surface area contributed by atoms with E-state index in [-0.39, 0.29) is 6.10 Å². The van der Waals surface area contributed by atoms with Crippen molar-refractivity contribution in [2.24, 2.45) is 5.92 Å². The van der Waals surface area contributed by atoms with E-state index in [0.29, 0.717) is 12.5 Å². The predicted molar refractivity (Wildman–Crippen MR) is 59.1 cm³/mol. The van der Waals surface area contributed by atoms with Gasteiger partial charge in [-0.2, -0.15) is 0 Å². The molecule has 1 aliphatic heterocycles. The molecule has 15 heavy (non-hydrogen) atoms. The molecule has 2 atom stereocenters. The molecule has 2 unspecified atom stereocenters. The van der Waals surface area contributed by atoms with Crippen molar-refractivity contribution in [3.05, 3.63) is 0 Å². The second kappa shape index (κ2) is 8.05. The Kier molecular flexibility index (Phi) is 6.92. The van der Waals surface area contributed by atoms with E-state index in [2.05, 4.69) is 12.2 Å². The van der Waals surface area contributed by atoms with Gasteiger partial charge in [-0.1, -0.05) is 6.92 Å². The molecule has 1 N–H and O–H groups in total. The van der Waals surface area contributed by atoms with Crippen molar-refractivity contribution in [3.63, 3.8) is 0 Å². The van der Waals surface area contributed by atoms with Crippen molar-refractivity contribution in [1.82, 2.24) is 5.32 Å². The van der Waals surface area contributed by atoms with E-state index in [1.54, 1.807) is 7.11 Å². The minimum absolute atomic E-state index is 0.163. The first-order valence-electron chi connectivity index (χ1n) is 5.75. The van der Waals surface area contributed by atoms with Crippen LogP contribution in [0.4, 0.5) is 0 Å². The molecule has 0 aliphatic carbocycles. The fourth-order valence-electron chi connectivity index (χ4n) is 1.64. The van der Waals surface area contributed by atoms with Crippen LogP contribution in [0.15, 0.2) is 0 Å². The Balaban J connectivity index is 2.11. The maximum absolute atomic E-state index is 5.80. The molecule has 0 spiro atoms. The summed E-state index contributed by atoms with van der Waals surface area (Å²) in [5, 5.41) is 3.27. The topological polar surface area (TPSA) is 39.7 Å². The molecule has 4 heteroatoms. The summed E-state index contributed by atoms with van der Waals surface area (Å²) in [6.07, 6.45) is 1.29. The van der Waals surface area contributed by atoms with Gasteiger partial charge in [-0.15, -0.1) is 0 Å². The zero-order valence-corrected chi connectivity index (χ0v) is 9.83. The van der Waals surface area contributed by atoms with Gasteiger partial charge in [0.25, 0.3) is 0 Å². The van der Waals surface area contributed by atoms with Crippen molar-refractivity contribution in [2.75, 3.05) is 46.6 Å². The Labute approximate surface area is 92.3 Å². The highest BCUT2D eigenvalue weighted by atomic mass is 16.5. The van der Waals surface area contributed by atoms with Crippen molar-refractivity contribution in [3.8, 4) is 0 Å². The van der Waals surface area contributed by atoms with Crippen LogP contribution >= 0.6 is 0 Å². The summed E-state index contributed by atoms with van der Waals surface area (Å²) in [6.45, 7) is 7.10. The quantitative estimate of drug-likeness (QED) is 0.648. The number of hydrogen-bond acceptors (Lipinski definition) is 4. The van der Waals surface area contributed by atoms with Crippen LogP contribution < -0.4 is 5.32 Å². The van der Waals surface area contributed by atoms with Gasteiger partial charge < -0.3 is 19.5 Å². The molecule has 0 amide bonds. The van der Waals surface area contributed by atoms with Gasteiger partial charge in [0.05, 0.1) is 25.9 Å². The van der Waals surface area contributed by atoms with Gasteiger partial charge in [-0.05, 0) is 13.0 Å². The first-order chi connectivity index (χ1) is 7.36. The first kappa shape index (κ1) is 12.9. The lowest BCUT2D eigenvalue weighted by Crippen LogP contribution is -2.34. The van der Waals surface area contributed by atoms with E-state index in [1.165, 1.54) is 0 Å². The summed E-state index contributed by atoms with van der Waals surface area (Å²) in [4.78, 5) is 0. The van der Waals surface area contributed by atoms with Gasteiger partial charge in [-0.25, -0.2) is 0 Å². The van der Waals surface area contributed by atoms with E-state index < -0.39 is 0 Å². The number of hydrogen-bond donors (Lipinski definition) is 1. The van der Waals surface area contributed by atoms with Crippen LogP contribution in [0.3, 0.4) is 0 Å². The van der Waals surface area contributed by atoms with Gasteiger partial charge in [0.15, 0.2) is 0 Å². The molecule has 1 aliphatic rings. The van der Waals surface area contributed by atoms with E-state index in [4.69, 9.17) is 14.2 Å². The number of nitrogens with one attached hydrogen (secondary N) is 1. The molecule has 1 rings (SSSR count). The van der Waals surface area contributed by atoms with Crippen molar-refractivity contribution in [2.45, 2.75) is 19.4 Å². The summed E-state index contributed by atoms with van der Waals surface area (Å²) in [6, 6.07) is 0. The van der Waals surface area contributed by atoms with Crippen LogP contribution in [-0.2, 0) is 14.2 Å². The van der Waals surface area contributed by atoms with E-state index in [0.717, 1.165) is 39.3 Å². The molecule has 1 fully saturated rings. The molecule has 4 nitrogen and oxygen atoms in total. The third kappa shape index (κ3) is 5.47. The molecule has 0 radical (unpaired) electrons. The van der Waals surface area contributed by atoms with Gasteiger partial charge >= 0.3 is 0 Å². The molecule has 0 aromatic heterocycles. The summed E-state index contributed by atoms with van der Waals surface area (Å²) in [5.41, 5.74) is 0. The Hall–Kier alpha value is -0.160. The third-order valence-corrected chi connectivity index (χ3v) is 2.57. The summed E-state index contributed by atoms with van der Waals surface area (Å²) >= 11 is 0. The first-order valence-corrected chi connectivity index (χ1v) is 5.75. The van der Waals surface area contributed by atoms with Crippen LogP contribution in [0.1, 0.15) is 13.3 Å². The summed E-state index contributed by atoms with van der Waals surface area (Å²) in [5.74, 6) is 0.575. The van der Waals surface area contributed by atoms with Crippen LogP contribution in [0.2, 0.25) is 0 Å². The normalized spacial score (nSPS) is 23.2. The van der Waals surface area contributed by atoms with Crippen molar-refractivity contribution < 1.29 is 14.2 Å². The SMILES string of the molecule is CCNCC(COC)OCC1CCOC1. The minimum atomic E-state index is 0.163. The Morgan fingerprint density at radius 2 is 2.40 bits per heavy atom. The average Bonchev–Trinajstić information content (AvgIpc) is 2.75. The fraction of sp³-hybridized carbons (Fsp3) is 1.00. The highest BCUT2D eigenvalue weighted by Crippen LogP contribution is 2.13. The maximum Gasteiger partial charge on any atom is 0.0932 e. The summed E-state index contributed by atoms with van der Waals surface area (Å²) in [7, 11) is 1.71. The van der Waals surface area contributed by atoms with Crippen LogP contribution in [-0.4, -0.2) is 52.7 Å². The van der Waals surface area contributed by atoms with Crippen LogP contribution in [0.5, 0.6) is 0 Å². The Morgan fingerprint density at radius 3 is 3.00 bits per heavy atom. The molecule has 90 valence electrons. The molecule has 0 saturated carbocycles. The van der Waals surface area contributed by atoms with E-state index >= 15 is 0 Å². The number of methoxy groups -OCH3 is 1. The average molecular weight is 217 g/mol. The van der Waals surface area contributed by atoms with Crippen LogP contribution in [0.25, 0.3) is 0 Å². The second-order valence-electron chi connectivity index (χ2n) is 3.95. The molecular weight excluding hydrogens is 194 g/mol. The Morgan fingerprint density at radius 1 is 1.53 bits per heavy atom. The highest BCUT2D eigenvalue weighted by Gasteiger charge is 2.18. The Bertz CT molecular complexity index is 149. The molecule has 0 bridgehead atoms. The van der Waals surface area contributed by atoms with Crippen molar-refractivity contribution in [1.29, 1.82) is 0 Å².